The van der Waals surface area contributed by atoms with Gasteiger partial charge < -0.3 is 4.52 Å². The van der Waals surface area contributed by atoms with Gasteiger partial charge in [-0.05, 0) is 20.8 Å². The molecule has 0 saturated carbocycles. The summed E-state index contributed by atoms with van der Waals surface area (Å²) in [5.74, 6) is 0.260. The predicted molar refractivity (Wildman–Crippen MR) is 86.2 cm³/mol. The van der Waals surface area contributed by atoms with Crippen LogP contribution < -0.4 is 5.32 Å². The Kier molecular flexibility index (Phi) is 3.77. The zero-order valence-corrected chi connectivity index (χ0v) is 13.3. The number of rotatable bonds is 3. The molecule has 1 aromatic carbocycles. The smallest absolute Gasteiger partial charge is 0.262 e. The Bertz CT molecular complexity index is 802. The number of thiazole rings is 1. The first-order chi connectivity index (χ1) is 10.6. The third-order valence-electron chi connectivity index (χ3n) is 3.32. The first-order valence-electron chi connectivity index (χ1n) is 6.83. The number of carbonyl (C=O) groups is 1. The summed E-state index contributed by atoms with van der Waals surface area (Å²) in [5.41, 5.74) is 2.97. The van der Waals surface area contributed by atoms with E-state index in [1.54, 1.807) is 13.8 Å². The highest BCUT2D eigenvalue weighted by molar-refractivity contribution is 7.16. The summed E-state index contributed by atoms with van der Waals surface area (Å²) >= 11 is 1.45. The maximum Gasteiger partial charge on any atom is 0.262 e. The van der Waals surface area contributed by atoms with Crippen molar-refractivity contribution in [3.8, 4) is 11.3 Å². The molecule has 0 fully saturated rings. The van der Waals surface area contributed by atoms with Crippen molar-refractivity contribution in [3.63, 3.8) is 0 Å². The summed E-state index contributed by atoms with van der Waals surface area (Å²) < 4.78 is 5.02. The van der Waals surface area contributed by atoms with Gasteiger partial charge in [0.2, 0.25) is 0 Å². The van der Waals surface area contributed by atoms with Crippen LogP contribution >= 0.6 is 11.3 Å². The lowest BCUT2D eigenvalue weighted by atomic mass is 10.1. The zero-order valence-electron chi connectivity index (χ0n) is 12.5. The van der Waals surface area contributed by atoms with Crippen molar-refractivity contribution in [1.82, 2.24) is 10.1 Å². The molecule has 2 heterocycles. The van der Waals surface area contributed by atoms with Gasteiger partial charge in [0.05, 0.1) is 11.4 Å². The van der Waals surface area contributed by atoms with Gasteiger partial charge >= 0.3 is 0 Å². The van der Waals surface area contributed by atoms with Gasteiger partial charge in [0.25, 0.3) is 5.91 Å². The van der Waals surface area contributed by atoms with Crippen LogP contribution in [0.25, 0.3) is 11.3 Å². The largest absolute Gasteiger partial charge is 0.361 e. The predicted octanol–water partition coefficient (Wildman–Crippen LogP) is 3.98. The zero-order chi connectivity index (χ0) is 15.7. The number of hydrogen-bond acceptors (Lipinski definition) is 5. The lowest BCUT2D eigenvalue weighted by Gasteiger charge is -2.00. The van der Waals surface area contributed by atoms with Gasteiger partial charge in [0.1, 0.15) is 11.3 Å². The molecular formula is C16H15N3O2S. The Hall–Kier alpha value is -2.47. The van der Waals surface area contributed by atoms with E-state index in [4.69, 9.17) is 4.52 Å². The second kappa shape index (κ2) is 5.73. The quantitative estimate of drug-likeness (QED) is 0.794. The van der Waals surface area contributed by atoms with Crippen LogP contribution in [-0.2, 0) is 0 Å². The van der Waals surface area contributed by atoms with Crippen molar-refractivity contribution in [3.05, 3.63) is 52.2 Å². The number of amides is 1. The summed E-state index contributed by atoms with van der Waals surface area (Å²) in [6, 6.07) is 9.90. The van der Waals surface area contributed by atoms with E-state index >= 15 is 0 Å². The molecule has 0 aliphatic rings. The fourth-order valence-electron chi connectivity index (χ4n) is 2.28. The molecular weight excluding hydrogens is 298 g/mol. The fourth-order valence-corrected chi connectivity index (χ4v) is 3.11. The molecule has 3 rings (SSSR count). The number of anilines is 1. The first-order valence-corrected chi connectivity index (χ1v) is 7.65. The van der Waals surface area contributed by atoms with Gasteiger partial charge in [-0.15, -0.1) is 11.3 Å². The van der Waals surface area contributed by atoms with Crippen LogP contribution in [0.1, 0.15) is 26.7 Å². The molecule has 1 N–H and O–H groups in total. The maximum absolute atomic E-state index is 12.3. The number of benzene rings is 1. The van der Waals surface area contributed by atoms with Crippen LogP contribution in [0.4, 0.5) is 5.13 Å². The minimum absolute atomic E-state index is 0.246. The normalized spacial score (nSPS) is 10.7. The maximum atomic E-state index is 12.3. The second-order valence-electron chi connectivity index (χ2n) is 4.94. The average Bonchev–Trinajstić information content (AvgIpc) is 3.02. The van der Waals surface area contributed by atoms with Gasteiger partial charge in [-0.25, -0.2) is 4.98 Å². The molecule has 0 bridgehead atoms. The van der Waals surface area contributed by atoms with Crippen LogP contribution in [0, 0.1) is 20.8 Å². The van der Waals surface area contributed by atoms with Gasteiger partial charge in [-0.1, -0.05) is 35.5 Å². The highest BCUT2D eigenvalue weighted by atomic mass is 32.1. The van der Waals surface area contributed by atoms with E-state index < -0.39 is 0 Å². The molecule has 5 nitrogen and oxygen atoms in total. The summed E-state index contributed by atoms with van der Waals surface area (Å²) in [4.78, 5) is 17.9. The standard InChI is InChI=1S/C16H15N3O2S/c1-9-13(10(2)21-19-9)15(20)18-16-17-14(11(3)22-16)12-7-5-4-6-8-12/h4-8H,1-3H3,(H,17,18,20). The molecule has 0 aliphatic heterocycles. The van der Waals surface area contributed by atoms with Crippen molar-refractivity contribution < 1.29 is 9.32 Å². The lowest BCUT2D eigenvalue weighted by Crippen LogP contribution is -2.13. The molecule has 22 heavy (non-hydrogen) atoms. The molecule has 0 unspecified atom stereocenters. The van der Waals surface area contributed by atoms with Crippen molar-refractivity contribution in [2.75, 3.05) is 5.32 Å². The topological polar surface area (TPSA) is 68.0 Å². The van der Waals surface area contributed by atoms with E-state index in [0.29, 0.717) is 22.1 Å². The summed E-state index contributed by atoms with van der Waals surface area (Å²) in [6.45, 7) is 5.46. The van der Waals surface area contributed by atoms with E-state index in [1.165, 1.54) is 11.3 Å². The van der Waals surface area contributed by atoms with Crippen LogP contribution in [0.3, 0.4) is 0 Å². The number of aromatic nitrogens is 2. The van der Waals surface area contributed by atoms with Crippen LogP contribution in [-0.4, -0.2) is 16.0 Å². The number of nitrogens with zero attached hydrogens (tertiary/aromatic N) is 2. The van der Waals surface area contributed by atoms with E-state index in [1.807, 2.05) is 37.3 Å². The van der Waals surface area contributed by atoms with Gasteiger partial charge in [0.15, 0.2) is 5.13 Å². The van der Waals surface area contributed by atoms with E-state index in [9.17, 15) is 4.79 Å². The van der Waals surface area contributed by atoms with Gasteiger partial charge in [0, 0.05) is 10.4 Å². The molecule has 0 spiro atoms. The highest BCUT2D eigenvalue weighted by Crippen LogP contribution is 2.30. The fraction of sp³-hybridized carbons (Fsp3) is 0.188. The average molecular weight is 313 g/mol. The highest BCUT2D eigenvalue weighted by Gasteiger charge is 2.19. The summed E-state index contributed by atoms with van der Waals surface area (Å²) in [6.07, 6.45) is 0. The molecule has 2 aromatic heterocycles. The number of aryl methyl sites for hydroxylation is 3. The molecule has 0 saturated heterocycles. The van der Waals surface area contributed by atoms with Crippen molar-refractivity contribution >= 4 is 22.4 Å². The summed E-state index contributed by atoms with van der Waals surface area (Å²) in [5, 5.41) is 7.19. The van der Waals surface area contributed by atoms with Crippen molar-refractivity contribution in [2.24, 2.45) is 0 Å². The summed E-state index contributed by atoms with van der Waals surface area (Å²) in [7, 11) is 0. The van der Waals surface area contributed by atoms with E-state index in [-0.39, 0.29) is 5.91 Å². The SMILES string of the molecule is Cc1noc(C)c1C(=O)Nc1nc(-c2ccccc2)c(C)s1. The molecule has 0 atom stereocenters. The third-order valence-corrected chi connectivity index (χ3v) is 4.21. The number of nitrogens with one attached hydrogen (secondary N) is 1. The van der Waals surface area contributed by atoms with Crippen molar-refractivity contribution in [1.29, 1.82) is 0 Å². The van der Waals surface area contributed by atoms with Gasteiger partial charge in [-0.3, -0.25) is 10.1 Å². The molecule has 0 radical (unpaired) electrons. The Labute approximate surface area is 132 Å². The Morgan fingerprint density at radius 1 is 1.18 bits per heavy atom. The number of carbonyl (C=O) groups excluding carboxylic acids is 1. The molecule has 1 amide bonds. The van der Waals surface area contributed by atoms with Crippen LogP contribution in [0.2, 0.25) is 0 Å². The van der Waals surface area contributed by atoms with E-state index in [0.717, 1.165) is 16.1 Å². The van der Waals surface area contributed by atoms with Crippen LogP contribution in [0.15, 0.2) is 34.9 Å². The van der Waals surface area contributed by atoms with Crippen molar-refractivity contribution in [2.45, 2.75) is 20.8 Å². The Morgan fingerprint density at radius 3 is 2.55 bits per heavy atom. The minimum atomic E-state index is -0.246. The van der Waals surface area contributed by atoms with Crippen LogP contribution in [0.5, 0.6) is 0 Å². The first kappa shape index (κ1) is 14.5. The monoisotopic (exact) mass is 313 g/mol. The second-order valence-corrected chi connectivity index (χ2v) is 6.15. The van der Waals surface area contributed by atoms with E-state index in [2.05, 4.69) is 15.5 Å². The third kappa shape index (κ3) is 2.65. The molecule has 6 heteroatoms. The molecule has 112 valence electrons. The molecule has 3 aromatic rings. The lowest BCUT2D eigenvalue weighted by molar-refractivity contribution is 0.102. The Morgan fingerprint density at radius 2 is 1.91 bits per heavy atom. The van der Waals surface area contributed by atoms with Gasteiger partial charge in [-0.2, -0.15) is 0 Å². The minimum Gasteiger partial charge on any atom is -0.361 e. The molecule has 0 aliphatic carbocycles. The number of hydrogen-bond donors (Lipinski definition) is 1. The Balaban J connectivity index is 1.87.